The molecule has 160 valence electrons. The second kappa shape index (κ2) is 8.08. The number of hydrogen-bond donors (Lipinski definition) is 3. The minimum Gasteiger partial charge on any atom is -0.286 e. The van der Waals surface area contributed by atoms with E-state index in [9.17, 15) is 34.4 Å². The van der Waals surface area contributed by atoms with E-state index in [0.29, 0.717) is 23.0 Å². The van der Waals surface area contributed by atoms with Gasteiger partial charge in [0, 0.05) is 11.1 Å². The van der Waals surface area contributed by atoms with Crippen LogP contribution in [0.2, 0.25) is 0 Å². The molecule has 0 amide bonds. The molecule has 0 radical (unpaired) electrons. The summed E-state index contributed by atoms with van der Waals surface area (Å²) in [7, 11) is -13.6. The number of fused-ring (bicyclic) bond motifs is 1. The first-order chi connectivity index (χ1) is 13.1. The van der Waals surface area contributed by atoms with Crippen molar-refractivity contribution >= 4 is 52.5 Å². The highest BCUT2D eigenvalue weighted by molar-refractivity contribution is 7.87. The largest absolute Gasteiger partial charge is 0.295 e. The molecular weight excluding hydrogens is 446 g/mol. The lowest BCUT2D eigenvalue weighted by Gasteiger charge is -2.11. The van der Waals surface area contributed by atoms with E-state index in [1.54, 1.807) is 13.8 Å². The van der Waals surface area contributed by atoms with Crippen LogP contribution in [-0.4, -0.2) is 50.4 Å². The van der Waals surface area contributed by atoms with Crippen molar-refractivity contribution in [1.29, 1.82) is 0 Å². The molecule has 0 unspecified atom stereocenters. The first-order valence-electron chi connectivity index (χ1n) is 8.11. The number of rotatable bonds is 7. The molecular formula is C16H19NO9S3. The van der Waals surface area contributed by atoms with Crippen molar-refractivity contribution in [2.24, 2.45) is 4.99 Å². The summed E-state index contributed by atoms with van der Waals surface area (Å²) in [5.74, 6) is -0.425. The van der Waals surface area contributed by atoms with E-state index in [2.05, 4.69) is 4.99 Å². The molecule has 0 saturated carbocycles. The quantitative estimate of drug-likeness (QED) is 0.409. The maximum atomic E-state index is 11.7. The molecule has 2 aromatic carbocycles. The van der Waals surface area contributed by atoms with E-state index in [0.717, 1.165) is 6.07 Å². The van der Waals surface area contributed by atoms with Crippen LogP contribution in [0, 0.1) is 6.92 Å². The van der Waals surface area contributed by atoms with Crippen LogP contribution in [0.15, 0.2) is 39.0 Å². The fraction of sp³-hybridized carbons (Fsp3) is 0.312. The second-order valence-electron chi connectivity index (χ2n) is 6.41. The summed E-state index contributed by atoms with van der Waals surface area (Å²) in [5.41, 5.74) is 1.26. The lowest BCUT2D eigenvalue weighted by atomic mass is 10.0. The summed E-state index contributed by atoms with van der Waals surface area (Å²) in [6, 6.07) is 4.53. The Morgan fingerprint density at radius 3 is 2.07 bits per heavy atom. The van der Waals surface area contributed by atoms with Gasteiger partial charge in [0.1, 0.15) is 4.90 Å². The Morgan fingerprint density at radius 2 is 1.55 bits per heavy atom. The molecule has 0 aliphatic carbocycles. The van der Waals surface area contributed by atoms with Gasteiger partial charge in [-0.3, -0.25) is 18.7 Å². The molecule has 10 nitrogen and oxygen atoms in total. The van der Waals surface area contributed by atoms with Gasteiger partial charge in [-0.25, -0.2) is 0 Å². The zero-order valence-corrected chi connectivity index (χ0v) is 17.8. The summed E-state index contributed by atoms with van der Waals surface area (Å²) in [6.45, 7) is 3.18. The minimum atomic E-state index is -4.78. The second-order valence-corrected chi connectivity index (χ2v) is 10.8. The standard InChI is InChI=1S/C16H19NO9S3/c1-10(4-3-7-27(18,19)20)17-15-6-5-13-14(11(15)2)8-12(28(21,22)23)9-16(13)29(24,25)26/h5-6,8-9H,3-4,7H2,1-2H3,(H,18,19,20)(H,21,22,23)(H,24,25,26). The topological polar surface area (TPSA) is 175 Å². The van der Waals surface area contributed by atoms with Crippen LogP contribution in [0.4, 0.5) is 5.69 Å². The van der Waals surface area contributed by atoms with Crippen LogP contribution in [-0.2, 0) is 30.4 Å². The normalized spacial score (nSPS) is 13.8. The molecule has 2 aromatic rings. The maximum Gasteiger partial charge on any atom is 0.295 e. The molecule has 0 atom stereocenters. The van der Waals surface area contributed by atoms with Crippen molar-refractivity contribution in [1.82, 2.24) is 0 Å². The van der Waals surface area contributed by atoms with Crippen LogP contribution >= 0.6 is 0 Å². The van der Waals surface area contributed by atoms with Gasteiger partial charge < -0.3 is 0 Å². The van der Waals surface area contributed by atoms with Gasteiger partial charge in [-0.05, 0) is 55.8 Å². The van der Waals surface area contributed by atoms with E-state index in [-0.39, 0.29) is 23.6 Å². The molecule has 3 N–H and O–H groups in total. The van der Waals surface area contributed by atoms with Crippen molar-refractivity contribution in [3.8, 4) is 0 Å². The molecule has 0 heterocycles. The minimum absolute atomic E-state index is 0.0420. The smallest absolute Gasteiger partial charge is 0.286 e. The Kier molecular flexibility index (Phi) is 6.52. The van der Waals surface area contributed by atoms with Crippen LogP contribution in [0.25, 0.3) is 10.8 Å². The van der Waals surface area contributed by atoms with Gasteiger partial charge in [-0.2, -0.15) is 25.3 Å². The van der Waals surface area contributed by atoms with Gasteiger partial charge in [-0.1, -0.05) is 6.07 Å². The fourth-order valence-electron chi connectivity index (χ4n) is 2.76. The lowest BCUT2D eigenvalue weighted by Crippen LogP contribution is -2.05. The van der Waals surface area contributed by atoms with Gasteiger partial charge in [0.15, 0.2) is 0 Å². The third-order valence-corrected chi connectivity index (χ3v) is 6.67. The Hall–Kier alpha value is -1.90. The predicted octanol–water partition coefficient (Wildman–Crippen LogP) is 2.40. The first kappa shape index (κ1) is 23.4. The van der Waals surface area contributed by atoms with Crippen molar-refractivity contribution in [2.75, 3.05) is 5.75 Å². The summed E-state index contributed by atoms with van der Waals surface area (Å²) in [4.78, 5) is 2.95. The SMILES string of the molecule is CC(CCCS(=O)(=O)O)=Nc1ccc2c(S(=O)(=O)O)cc(S(=O)(=O)O)cc2c1C. The van der Waals surface area contributed by atoms with Crippen molar-refractivity contribution in [3.63, 3.8) is 0 Å². The molecule has 2 rings (SSSR count). The van der Waals surface area contributed by atoms with Crippen LogP contribution < -0.4 is 0 Å². The molecule has 0 aliphatic rings. The number of aliphatic imine (C=N–C) groups is 1. The summed E-state index contributed by atoms with van der Waals surface area (Å²) < 4.78 is 95.4. The van der Waals surface area contributed by atoms with E-state index in [1.165, 1.54) is 12.1 Å². The highest BCUT2D eigenvalue weighted by Gasteiger charge is 2.21. The Morgan fingerprint density at radius 1 is 0.931 bits per heavy atom. The molecule has 0 spiro atoms. The number of hydrogen-bond acceptors (Lipinski definition) is 7. The van der Waals surface area contributed by atoms with E-state index in [1.807, 2.05) is 0 Å². The highest BCUT2D eigenvalue weighted by atomic mass is 32.2. The van der Waals surface area contributed by atoms with Gasteiger partial charge >= 0.3 is 0 Å². The lowest BCUT2D eigenvalue weighted by molar-refractivity contribution is 0.478. The molecule has 0 aromatic heterocycles. The Balaban J connectivity index is 2.61. The molecule has 13 heteroatoms. The van der Waals surface area contributed by atoms with Crippen molar-refractivity contribution in [2.45, 2.75) is 36.5 Å². The zero-order valence-electron chi connectivity index (χ0n) is 15.4. The van der Waals surface area contributed by atoms with E-state index in [4.69, 9.17) is 4.55 Å². The number of aryl methyl sites for hydroxylation is 1. The van der Waals surface area contributed by atoms with E-state index >= 15 is 0 Å². The fourth-order valence-corrected chi connectivity index (χ4v) is 4.61. The monoisotopic (exact) mass is 465 g/mol. The summed E-state index contributed by atoms with van der Waals surface area (Å²) in [6.07, 6.45) is 0.402. The van der Waals surface area contributed by atoms with Gasteiger partial charge in [0.2, 0.25) is 0 Å². The van der Waals surface area contributed by atoms with Crippen LogP contribution in [0.1, 0.15) is 25.3 Å². The first-order valence-corrected chi connectivity index (χ1v) is 12.6. The molecule has 0 bridgehead atoms. The Labute approximate surface area is 168 Å². The van der Waals surface area contributed by atoms with Gasteiger partial charge in [-0.15, -0.1) is 0 Å². The Bertz CT molecular complexity index is 1310. The zero-order chi connectivity index (χ0) is 22.2. The van der Waals surface area contributed by atoms with Crippen molar-refractivity contribution in [3.05, 3.63) is 29.8 Å². The number of nitrogens with zero attached hydrogens (tertiary/aromatic N) is 1. The highest BCUT2D eigenvalue weighted by Crippen LogP contribution is 2.34. The number of benzene rings is 2. The third-order valence-electron chi connectivity index (χ3n) is 4.14. The van der Waals surface area contributed by atoms with Gasteiger partial charge in [0.05, 0.1) is 16.3 Å². The third kappa shape index (κ3) is 6.04. The molecule has 0 saturated heterocycles. The molecule has 0 aliphatic heterocycles. The predicted molar refractivity (Wildman–Crippen MR) is 107 cm³/mol. The summed E-state index contributed by atoms with van der Waals surface area (Å²) in [5, 5.41) is 0.181. The molecule has 0 fully saturated rings. The van der Waals surface area contributed by atoms with Gasteiger partial charge in [0.25, 0.3) is 30.4 Å². The van der Waals surface area contributed by atoms with E-state index < -0.39 is 45.9 Å². The van der Waals surface area contributed by atoms with Crippen molar-refractivity contribution < 1.29 is 38.9 Å². The summed E-state index contributed by atoms with van der Waals surface area (Å²) >= 11 is 0. The molecule has 29 heavy (non-hydrogen) atoms. The van der Waals surface area contributed by atoms with Crippen LogP contribution in [0.5, 0.6) is 0 Å². The average Bonchev–Trinajstić information content (AvgIpc) is 2.53. The average molecular weight is 466 g/mol. The van der Waals surface area contributed by atoms with Crippen LogP contribution in [0.3, 0.4) is 0 Å². The maximum absolute atomic E-state index is 11.7.